The van der Waals surface area contributed by atoms with Gasteiger partial charge >= 0.3 is 0 Å². The third kappa shape index (κ3) is 3.65. The van der Waals surface area contributed by atoms with E-state index in [-0.39, 0.29) is 0 Å². The van der Waals surface area contributed by atoms with Crippen molar-refractivity contribution in [1.29, 1.82) is 0 Å². The Kier molecular flexibility index (Phi) is 4.74. The van der Waals surface area contributed by atoms with Crippen LogP contribution in [0.2, 0.25) is 0 Å². The van der Waals surface area contributed by atoms with Crippen LogP contribution in [-0.4, -0.2) is 37.7 Å². The summed E-state index contributed by atoms with van der Waals surface area (Å²) in [6.07, 6.45) is 4.16. The van der Waals surface area contributed by atoms with E-state index in [0.29, 0.717) is 6.04 Å². The molecule has 0 radical (unpaired) electrons. The number of rotatable bonds is 3. The van der Waals surface area contributed by atoms with Gasteiger partial charge < -0.3 is 4.74 Å². The fraction of sp³-hybridized carbons (Fsp3) is 1.00. The minimum absolute atomic E-state index is 0.588. The normalized spacial score (nSPS) is 28.4. The van der Waals surface area contributed by atoms with Crippen LogP contribution in [0, 0.1) is 5.92 Å². The van der Waals surface area contributed by atoms with Gasteiger partial charge in [0.1, 0.15) is 0 Å². The lowest BCUT2D eigenvalue weighted by molar-refractivity contribution is 0.0947. The van der Waals surface area contributed by atoms with E-state index in [0.717, 1.165) is 12.5 Å². The average Bonchev–Trinajstić information content (AvgIpc) is 2.30. The first-order valence-electron chi connectivity index (χ1n) is 5.47. The van der Waals surface area contributed by atoms with Crippen molar-refractivity contribution in [2.24, 2.45) is 5.92 Å². The Morgan fingerprint density at radius 1 is 1.46 bits per heavy atom. The van der Waals surface area contributed by atoms with E-state index in [9.17, 15) is 0 Å². The summed E-state index contributed by atoms with van der Waals surface area (Å²) in [5, 5.41) is 0. The number of ether oxygens (including phenoxy) is 1. The molecule has 1 aliphatic rings. The first-order chi connectivity index (χ1) is 6.24. The van der Waals surface area contributed by atoms with E-state index in [1.807, 2.05) is 0 Å². The van der Waals surface area contributed by atoms with E-state index >= 15 is 0 Å². The molecule has 1 fully saturated rings. The van der Waals surface area contributed by atoms with Crippen LogP contribution in [0.3, 0.4) is 0 Å². The molecule has 2 nitrogen and oxygen atoms in total. The number of hydrogen-bond donors (Lipinski definition) is 0. The largest absolute Gasteiger partial charge is 0.383 e. The molecular weight excluding hydrogens is 162 g/mol. The molecular formula is C11H23NO. The van der Waals surface area contributed by atoms with E-state index in [2.05, 4.69) is 18.7 Å². The molecule has 78 valence electrons. The Bertz CT molecular complexity index is 138. The minimum Gasteiger partial charge on any atom is -0.383 e. The van der Waals surface area contributed by atoms with Crippen LogP contribution in [0.4, 0.5) is 0 Å². The molecule has 0 saturated carbocycles. The molecule has 0 spiro atoms. The standard InChI is InChI=1S/C11H23NO/c1-10-6-4-5-7-12(8-10)11(2)9-13-3/h10-11H,4-9H2,1-3H3. The van der Waals surface area contributed by atoms with Gasteiger partial charge in [0.15, 0.2) is 0 Å². The number of likely N-dealkylation sites (tertiary alicyclic amines) is 1. The van der Waals surface area contributed by atoms with Crippen molar-refractivity contribution in [2.75, 3.05) is 26.8 Å². The number of methoxy groups -OCH3 is 1. The predicted octanol–water partition coefficient (Wildman–Crippen LogP) is 2.14. The molecule has 1 aliphatic heterocycles. The lowest BCUT2D eigenvalue weighted by Crippen LogP contribution is -2.38. The van der Waals surface area contributed by atoms with Gasteiger partial charge in [-0.15, -0.1) is 0 Å². The van der Waals surface area contributed by atoms with Crippen molar-refractivity contribution in [2.45, 2.75) is 39.2 Å². The quantitative estimate of drug-likeness (QED) is 0.668. The first kappa shape index (κ1) is 11.0. The predicted molar refractivity (Wildman–Crippen MR) is 55.9 cm³/mol. The lowest BCUT2D eigenvalue weighted by Gasteiger charge is -2.28. The highest BCUT2D eigenvalue weighted by atomic mass is 16.5. The zero-order chi connectivity index (χ0) is 9.68. The summed E-state index contributed by atoms with van der Waals surface area (Å²) in [7, 11) is 1.79. The molecule has 1 heterocycles. The summed E-state index contributed by atoms with van der Waals surface area (Å²) >= 11 is 0. The molecule has 0 aromatic heterocycles. The maximum atomic E-state index is 5.19. The molecule has 0 aromatic carbocycles. The number of nitrogens with zero attached hydrogens (tertiary/aromatic N) is 1. The second-order valence-corrected chi connectivity index (χ2v) is 4.40. The van der Waals surface area contributed by atoms with E-state index in [4.69, 9.17) is 4.74 Å². The molecule has 1 rings (SSSR count). The first-order valence-corrected chi connectivity index (χ1v) is 5.47. The molecule has 2 atom stereocenters. The van der Waals surface area contributed by atoms with Crippen molar-refractivity contribution in [3.63, 3.8) is 0 Å². The van der Waals surface area contributed by atoms with Crippen molar-refractivity contribution in [3.8, 4) is 0 Å². The summed E-state index contributed by atoms with van der Waals surface area (Å²) in [5.41, 5.74) is 0. The van der Waals surface area contributed by atoms with Crippen LogP contribution >= 0.6 is 0 Å². The van der Waals surface area contributed by atoms with Gasteiger partial charge in [0, 0.05) is 19.7 Å². The zero-order valence-electron chi connectivity index (χ0n) is 9.25. The molecule has 0 amide bonds. The van der Waals surface area contributed by atoms with Crippen LogP contribution in [-0.2, 0) is 4.74 Å². The molecule has 0 bridgehead atoms. The summed E-state index contributed by atoms with van der Waals surface area (Å²) in [4.78, 5) is 2.57. The van der Waals surface area contributed by atoms with Crippen LogP contribution in [0.5, 0.6) is 0 Å². The second-order valence-electron chi connectivity index (χ2n) is 4.40. The van der Waals surface area contributed by atoms with Crippen molar-refractivity contribution >= 4 is 0 Å². The third-order valence-corrected chi connectivity index (χ3v) is 2.97. The Morgan fingerprint density at radius 3 is 2.92 bits per heavy atom. The van der Waals surface area contributed by atoms with Crippen LogP contribution in [0.15, 0.2) is 0 Å². The summed E-state index contributed by atoms with van der Waals surface area (Å²) in [5.74, 6) is 0.863. The Balaban J connectivity index is 2.37. The molecule has 0 aromatic rings. The van der Waals surface area contributed by atoms with Gasteiger partial charge in [0.05, 0.1) is 6.61 Å². The molecule has 2 heteroatoms. The van der Waals surface area contributed by atoms with Gasteiger partial charge in [-0.05, 0) is 32.2 Å². The SMILES string of the molecule is COCC(C)N1CCCCC(C)C1. The molecule has 1 saturated heterocycles. The van der Waals surface area contributed by atoms with E-state index in [1.54, 1.807) is 7.11 Å². The average molecular weight is 185 g/mol. The van der Waals surface area contributed by atoms with Gasteiger partial charge in [0.2, 0.25) is 0 Å². The number of hydrogen-bond acceptors (Lipinski definition) is 2. The van der Waals surface area contributed by atoms with Gasteiger partial charge in [-0.1, -0.05) is 13.3 Å². The van der Waals surface area contributed by atoms with Crippen molar-refractivity contribution in [3.05, 3.63) is 0 Å². The maximum absolute atomic E-state index is 5.19. The summed E-state index contributed by atoms with van der Waals surface area (Å²) in [6, 6.07) is 0.588. The second kappa shape index (κ2) is 5.61. The van der Waals surface area contributed by atoms with Crippen LogP contribution in [0.1, 0.15) is 33.1 Å². The highest BCUT2D eigenvalue weighted by Crippen LogP contribution is 2.17. The molecule has 2 unspecified atom stereocenters. The smallest absolute Gasteiger partial charge is 0.0615 e. The van der Waals surface area contributed by atoms with Crippen LogP contribution in [0.25, 0.3) is 0 Å². The van der Waals surface area contributed by atoms with Gasteiger partial charge in [-0.3, -0.25) is 4.90 Å². The van der Waals surface area contributed by atoms with Crippen molar-refractivity contribution in [1.82, 2.24) is 4.90 Å². The monoisotopic (exact) mass is 185 g/mol. The summed E-state index contributed by atoms with van der Waals surface area (Å²) in [6.45, 7) is 8.01. The molecule has 13 heavy (non-hydrogen) atoms. The van der Waals surface area contributed by atoms with Gasteiger partial charge in [-0.2, -0.15) is 0 Å². The summed E-state index contributed by atoms with van der Waals surface area (Å²) < 4.78 is 5.19. The van der Waals surface area contributed by atoms with Gasteiger partial charge in [-0.25, -0.2) is 0 Å². The Morgan fingerprint density at radius 2 is 2.23 bits per heavy atom. The maximum Gasteiger partial charge on any atom is 0.0615 e. The Hall–Kier alpha value is -0.0800. The topological polar surface area (TPSA) is 12.5 Å². The minimum atomic E-state index is 0.588. The molecule has 0 aliphatic carbocycles. The van der Waals surface area contributed by atoms with E-state index < -0.39 is 0 Å². The van der Waals surface area contributed by atoms with Gasteiger partial charge in [0.25, 0.3) is 0 Å². The highest BCUT2D eigenvalue weighted by Gasteiger charge is 2.18. The molecule has 0 N–H and O–H groups in total. The lowest BCUT2D eigenvalue weighted by atomic mass is 10.1. The Labute approximate surface area is 82.3 Å². The third-order valence-electron chi connectivity index (χ3n) is 2.97. The van der Waals surface area contributed by atoms with Crippen LogP contribution < -0.4 is 0 Å². The fourth-order valence-corrected chi connectivity index (χ4v) is 2.14. The highest BCUT2D eigenvalue weighted by molar-refractivity contribution is 4.73. The van der Waals surface area contributed by atoms with E-state index in [1.165, 1.54) is 32.4 Å². The zero-order valence-corrected chi connectivity index (χ0v) is 9.25. The fourth-order valence-electron chi connectivity index (χ4n) is 2.14. The van der Waals surface area contributed by atoms with Crippen molar-refractivity contribution < 1.29 is 4.74 Å².